The molecule has 4 rings (SSSR count). The number of pyridine rings is 3. The van der Waals surface area contributed by atoms with Gasteiger partial charge in [-0.25, -0.2) is 19.6 Å². The second kappa shape index (κ2) is 9.15. The van der Waals surface area contributed by atoms with Crippen LogP contribution in [0.5, 0.6) is 0 Å². The van der Waals surface area contributed by atoms with Crippen molar-refractivity contribution in [1.29, 1.82) is 0 Å². The van der Waals surface area contributed by atoms with E-state index >= 15 is 0 Å². The molecule has 0 saturated carbocycles. The maximum Gasteiger partial charge on any atom is 0.350 e. The molecule has 11 heteroatoms. The number of cyclic esters (lactones) is 2. The molecule has 3 aromatic rings. The molecule has 0 atom stereocenters. The summed E-state index contributed by atoms with van der Waals surface area (Å²) in [5, 5.41) is 3.42. The number of hydrogen-bond acceptors (Lipinski definition) is 8. The highest BCUT2D eigenvalue weighted by Crippen LogP contribution is 2.22. The molecule has 0 aromatic carbocycles. The van der Waals surface area contributed by atoms with E-state index in [-0.39, 0.29) is 11.0 Å². The minimum absolute atomic E-state index is 0.119. The summed E-state index contributed by atoms with van der Waals surface area (Å²) in [6.07, 6.45) is 4.26. The van der Waals surface area contributed by atoms with Crippen molar-refractivity contribution in [1.82, 2.24) is 15.0 Å². The number of nitrogens with zero attached hydrogens (tertiary/aromatic N) is 2. The van der Waals surface area contributed by atoms with Crippen molar-refractivity contribution in [3.05, 3.63) is 75.0 Å². The van der Waals surface area contributed by atoms with Crippen molar-refractivity contribution in [3.8, 4) is 0 Å². The van der Waals surface area contributed by atoms with Gasteiger partial charge in [0.15, 0.2) is 5.57 Å². The summed E-state index contributed by atoms with van der Waals surface area (Å²) < 4.78 is 9.87. The molecule has 3 aromatic heterocycles. The van der Waals surface area contributed by atoms with Crippen molar-refractivity contribution in [2.75, 3.05) is 5.32 Å². The average molecular weight is 463 g/mol. The van der Waals surface area contributed by atoms with Gasteiger partial charge in [-0.3, -0.25) is 4.79 Å². The minimum atomic E-state index is -1.24. The normalized spacial score (nSPS) is 14.8. The van der Waals surface area contributed by atoms with Crippen LogP contribution in [0.3, 0.4) is 0 Å². The summed E-state index contributed by atoms with van der Waals surface area (Å²) in [5.41, 5.74) is 1.32. The van der Waals surface area contributed by atoms with Crippen LogP contribution in [-0.4, -0.2) is 32.7 Å². The Morgan fingerprint density at radius 3 is 2.32 bits per heavy atom. The molecular formula is C20H16Cl2N4O5. The molecule has 1 aliphatic rings. The van der Waals surface area contributed by atoms with Crippen molar-refractivity contribution < 1.29 is 19.1 Å². The van der Waals surface area contributed by atoms with Crippen LogP contribution in [0.2, 0.25) is 10.3 Å². The molecule has 1 saturated heterocycles. The van der Waals surface area contributed by atoms with Gasteiger partial charge in [0.05, 0.1) is 17.4 Å². The Morgan fingerprint density at radius 2 is 1.68 bits per heavy atom. The fraction of sp³-hybridized carbons (Fsp3) is 0.150. The number of rotatable bonds is 2. The lowest BCUT2D eigenvalue weighted by Gasteiger charge is -2.29. The number of esters is 2. The van der Waals surface area contributed by atoms with Gasteiger partial charge in [-0.05, 0) is 24.3 Å². The van der Waals surface area contributed by atoms with Crippen LogP contribution < -0.4 is 10.7 Å². The van der Waals surface area contributed by atoms with Crippen LogP contribution in [0.1, 0.15) is 13.8 Å². The van der Waals surface area contributed by atoms with Crippen molar-refractivity contribution >= 4 is 51.9 Å². The molecule has 9 nitrogen and oxygen atoms in total. The number of halogens is 2. The predicted molar refractivity (Wildman–Crippen MR) is 115 cm³/mol. The number of nitrogens with one attached hydrogen (secondary N) is 2. The fourth-order valence-electron chi connectivity index (χ4n) is 2.42. The zero-order chi connectivity index (χ0) is 22.6. The van der Waals surface area contributed by atoms with Crippen LogP contribution in [0.25, 0.3) is 11.0 Å². The average Bonchev–Trinajstić information content (AvgIpc) is 2.69. The lowest BCUT2D eigenvalue weighted by Crippen LogP contribution is -2.42. The van der Waals surface area contributed by atoms with E-state index in [1.807, 2.05) is 0 Å². The quantitative estimate of drug-likeness (QED) is 0.257. The monoisotopic (exact) mass is 462 g/mol. The number of carbonyl (C=O) groups excluding carboxylic acids is 2. The van der Waals surface area contributed by atoms with Gasteiger partial charge in [0.25, 0.3) is 5.79 Å². The third kappa shape index (κ3) is 5.80. The number of hydrogen-bond donors (Lipinski definition) is 2. The minimum Gasteiger partial charge on any atom is -0.419 e. The van der Waals surface area contributed by atoms with Crippen molar-refractivity contribution in [2.24, 2.45) is 0 Å². The SMILES string of the molecule is CC1(C)OC(=O)C(=CNc2ccc(Cl)nc2)C(=O)O1.O=c1cc[nH]c2ccc(Cl)nc12. The van der Waals surface area contributed by atoms with E-state index in [9.17, 15) is 14.4 Å². The van der Waals surface area contributed by atoms with Crippen LogP contribution in [0.15, 0.2) is 59.3 Å². The van der Waals surface area contributed by atoms with E-state index in [0.29, 0.717) is 27.0 Å². The first-order valence-electron chi connectivity index (χ1n) is 8.83. The molecule has 31 heavy (non-hydrogen) atoms. The van der Waals surface area contributed by atoms with Crippen LogP contribution in [0, 0.1) is 0 Å². The molecule has 0 unspecified atom stereocenters. The molecular weight excluding hydrogens is 447 g/mol. The smallest absolute Gasteiger partial charge is 0.350 e. The third-order valence-electron chi connectivity index (χ3n) is 3.80. The molecule has 0 amide bonds. The molecule has 1 fully saturated rings. The van der Waals surface area contributed by atoms with Crippen molar-refractivity contribution in [2.45, 2.75) is 19.6 Å². The Balaban J connectivity index is 0.000000194. The molecule has 0 radical (unpaired) electrons. The topological polar surface area (TPSA) is 123 Å². The standard InChI is InChI=1S/C12H11ClN2O4.C8H5ClN2O/c1-12(2)18-10(16)8(11(17)19-12)6-14-7-3-4-9(13)15-5-7;9-7-2-1-5-8(11-7)6(12)3-4-10-5/h3-6,14H,1-2H3;1-4H,(H,10,12). The maximum absolute atomic E-state index is 11.6. The third-order valence-corrected chi connectivity index (χ3v) is 4.23. The number of carbonyl (C=O) groups is 2. The first kappa shape index (κ1) is 22.3. The molecule has 0 aliphatic carbocycles. The molecule has 160 valence electrons. The van der Waals surface area contributed by atoms with Crippen molar-refractivity contribution in [3.63, 3.8) is 0 Å². The Morgan fingerprint density at radius 1 is 1.00 bits per heavy atom. The van der Waals surface area contributed by atoms with Gasteiger partial charge < -0.3 is 19.8 Å². The first-order valence-corrected chi connectivity index (χ1v) is 9.59. The molecule has 0 spiro atoms. The van der Waals surface area contributed by atoms with E-state index < -0.39 is 17.7 Å². The Bertz CT molecular complexity index is 1200. The maximum atomic E-state index is 11.6. The zero-order valence-electron chi connectivity index (χ0n) is 16.3. The Labute approximate surface area is 186 Å². The predicted octanol–water partition coefficient (Wildman–Crippen LogP) is 3.44. The van der Waals surface area contributed by atoms with Gasteiger partial charge in [-0.2, -0.15) is 0 Å². The summed E-state index contributed by atoms with van der Waals surface area (Å²) >= 11 is 11.3. The number of anilines is 1. The summed E-state index contributed by atoms with van der Waals surface area (Å²) in [5.74, 6) is -2.72. The van der Waals surface area contributed by atoms with Crippen LogP contribution >= 0.6 is 23.2 Å². The number of H-pyrrole nitrogens is 1. The molecule has 4 heterocycles. The van der Waals surface area contributed by atoms with E-state index in [0.717, 1.165) is 0 Å². The molecule has 2 N–H and O–H groups in total. The summed E-state index contributed by atoms with van der Waals surface area (Å²) in [6, 6.07) is 8.01. The van der Waals surface area contributed by atoms with Gasteiger partial charge in [0.2, 0.25) is 5.43 Å². The lowest BCUT2D eigenvalue weighted by molar-refractivity contribution is -0.222. The second-order valence-electron chi connectivity index (χ2n) is 6.62. The van der Waals surface area contributed by atoms with Gasteiger partial charge in [0.1, 0.15) is 15.8 Å². The first-order chi connectivity index (χ1) is 14.6. The van der Waals surface area contributed by atoms with Crippen LogP contribution in [0.4, 0.5) is 5.69 Å². The Hall–Kier alpha value is -3.43. The number of ether oxygens (including phenoxy) is 2. The second-order valence-corrected chi connectivity index (χ2v) is 7.40. The highest BCUT2D eigenvalue weighted by molar-refractivity contribution is 6.29. The summed E-state index contributed by atoms with van der Waals surface area (Å²) in [4.78, 5) is 45.1. The summed E-state index contributed by atoms with van der Waals surface area (Å²) in [6.45, 7) is 2.96. The van der Waals surface area contributed by atoms with Gasteiger partial charge in [-0.15, -0.1) is 0 Å². The number of fused-ring (bicyclic) bond motifs is 1. The van der Waals surface area contributed by atoms with E-state index in [4.69, 9.17) is 32.7 Å². The lowest BCUT2D eigenvalue weighted by atomic mass is 10.2. The number of aromatic amines is 1. The highest BCUT2D eigenvalue weighted by Gasteiger charge is 2.38. The van der Waals surface area contributed by atoms with E-state index in [1.165, 1.54) is 32.3 Å². The van der Waals surface area contributed by atoms with E-state index in [2.05, 4.69) is 20.3 Å². The number of aromatic nitrogens is 3. The van der Waals surface area contributed by atoms with Crippen LogP contribution in [-0.2, 0) is 19.1 Å². The fourth-order valence-corrected chi connectivity index (χ4v) is 2.68. The molecule has 0 bridgehead atoms. The van der Waals surface area contributed by atoms with Gasteiger partial charge in [0, 0.05) is 32.3 Å². The summed E-state index contributed by atoms with van der Waals surface area (Å²) in [7, 11) is 0. The largest absolute Gasteiger partial charge is 0.419 e. The van der Waals surface area contributed by atoms with Gasteiger partial charge in [-0.1, -0.05) is 23.2 Å². The highest BCUT2D eigenvalue weighted by atomic mass is 35.5. The van der Waals surface area contributed by atoms with Gasteiger partial charge >= 0.3 is 11.9 Å². The Kier molecular flexibility index (Phi) is 6.57. The zero-order valence-corrected chi connectivity index (χ0v) is 17.8. The molecule has 1 aliphatic heterocycles. The van der Waals surface area contributed by atoms with E-state index in [1.54, 1.807) is 30.5 Å².